The van der Waals surface area contributed by atoms with Crippen molar-refractivity contribution in [1.29, 1.82) is 0 Å². The van der Waals surface area contributed by atoms with Gasteiger partial charge in [0.05, 0.1) is 12.2 Å². The number of benzene rings is 1. The van der Waals surface area contributed by atoms with Crippen LogP contribution in [0.1, 0.15) is 12.5 Å². The highest BCUT2D eigenvalue weighted by Gasteiger charge is 2.24. The van der Waals surface area contributed by atoms with Crippen LogP contribution in [0, 0.1) is 0 Å². The number of halogens is 1. The van der Waals surface area contributed by atoms with E-state index in [1.54, 1.807) is 0 Å². The minimum atomic E-state index is 0.175. The summed E-state index contributed by atoms with van der Waals surface area (Å²) in [5.41, 5.74) is 1.35. The summed E-state index contributed by atoms with van der Waals surface area (Å²) in [6.45, 7) is 5.02. The van der Waals surface area contributed by atoms with E-state index in [0.717, 1.165) is 19.6 Å². The number of rotatable bonds is 3. The molecule has 16 heavy (non-hydrogen) atoms. The van der Waals surface area contributed by atoms with E-state index in [0.29, 0.717) is 5.88 Å². The van der Waals surface area contributed by atoms with Gasteiger partial charge in [-0.2, -0.15) is 0 Å². The smallest absolute Gasteiger partial charge is 0.0841 e. The lowest BCUT2D eigenvalue weighted by molar-refractivity contribution is -0.0688. The van der Waals surface area contributed by atoms with E-state index < -0.39 is 0 Å². The molecule has 0 amide bonds. The molecule has 88 valence electrons. The Balaban J connectivity index is 1.94. The molecule has 1 heterocycles. The van der Waals surface area contributed by atoms with Crippen molar-refractivity contribution < 1.29 is 4.74 Å². The van der Waals surface area contributed by atoms with Gasteiger partial charge in [0, 0.05) is 25.5 Å². The van der Waals surface area contributed by atoms with Gasteiger partial charge in [-0.3, -0.25) is 4.90 Å². The van der Waals surface area contributed by atoms with Crippen LogP contribution in [0.2, 0.25) is 0 Å². The van der Waals surface area contributed by atoms with E-state index in [-0.39, 0.29) is 12.2 Å². The zero-order valence-electron chi connectivity index (χ0n) is 9.60. The maximum Gasteiger partial charge on any atom is 0.0841 e. The van der Waals surface area contributed by atoms with E-state index in [1.807, 2.05) is 6.07 Å². The summed E-state index contributed by atoms with van der Waals surface area (Å²) in [4.78, 5) is 2.41. The monoisotopic (exact) mass is 239 g/mol. The van der Waals surface area contributed by atoms with Crippen molar-refractivity contribution in [2.45, 2.75) is 25.7 Å². The molecule has 0 radical (unpaired) electrons. The Morgan fingerprint density at radius 2 is 2.06 bits per heavy atom. The topological polar surface area (TPSA) is 12.5 Å². The predicted molar refractivity (Wildman–Crippen MR) is 66.8 cm³/mol. The Labute approximate surface area is 102 Å². The number of hydrogen-bond acceptors (Lipinski definition) is 2. The zero-order chi connectivity index (χ0) is 11.4. The molecule has 1 aliphatic heterocycles. The van der Waals surface area contributed by atoms with Crippen LogP contribution in [-0.4, -0.2) is 36.1 Å². The summed E-state index contributed by atoms with van der Waals surface area (Å²) >= 11 is 5.86. The third-order valence-electron chi connectivity index (χ3n) is 2.82. The van der Waals surface area contributed by atoms with E-state index in [2.05, 4.69) is 36.1 Å². The van der Waals surface area contributed by atoms with Gasteiger partial charge in [0.2, 0.25) is 0 Å². The zero-order valence-corrected chi connectivity index (χ0v) is 10.4. The van der Waals surface area contributed by atoms with Crippen LogP contribution < -0.4 is 0 Å². The second-order valence-corrected chi connectivity index (χ2v) is 4.71. The van der Waals surface area contributed by atoms with Crippen LogP contribution in [0.25, 0.3) is 0 Å². The second kappa shape index (κ2) is 5.67. The standard InChI is InChI=1S/C13H18ClNO/c1-11-8-15(10-13(7-14)16-11)9-12-5-3-2-4-6-12/h2-6,11,13H,7-10H2,1H3/t11-,13?/m1/s1. The van der Waals surface area contributed by atoms with E-state index in [9.17, 15) is 0 Å². The fourth-order valence-electron chi connectivity index (χ4n) is 2.20. The molecule has 0 aliphatic carbocycles. The quantitative estimate of drug-likeness (QED) is 0.752. The lowest BCUT2D eigenvalue weighted by Gasteiger charge is -2.36. The van der Waals surface area contributed by atoms with Gasteiger partial charge in [0.1, 0.15) is 0 Å². The van der Waals surface area contributed by atoms with Gasteiger partial charge in [0.15, 0.2) is 0 Å². The Morgan fingerprint density at radius 3 is 2.75 bits per heavy atom. The molecule has 2 nitrogen and oxygen atoms in total. The Bertz CT molecular complexity index is 317. The summed E-state index contributed by atoms with van der Waals surface area (Å²) < 4.78 is 5.73. The van der Waals surface area contributed by atoms with Crippen LogP contribution in [0.15, 0.2) is 30.3 Å². The highest BCUT2D eigenvalue weighted by molar-refractivity contribution is 6.18. The second-order valence-electron chi connectivity index (χ2n) is 4.40. The SMILES string of the molecule is C[C@@H]1CN(Cc2ccccc2)CC(CCl)O1. The summed E-state index contributed by atoms with van der Waals surface area (Å²) in [6, 6.07) is 10.5. The number of morpholine rings is 1. The van der Waals surface area contributed by atoms with Crippen molar-refractivity contribution in [3.05, 3.63) is 35.9 Å². The molecule has 0 N–H and O–H groups in total. The molecule has 2 rings (SSSR count). The first-order valence-electron chi connectivity index (χ1n) is 5.75. The molecule has 3 heteroatoms. The molecule has 1 unspecified atom stereocenters. The fourth-order valence-corrected chi connectivity index (χ4v) is 2.37. The molecule has 0 spiro atoms. The molecule has 2 atom stereocenters. The van der Waals surface area contributed by atoms with E-state index in [4.69, 9.17) is 16.3 Å². The predicted octanol–water partition coefficient (Wildman–Crippen LogP) is 2.51. The summed E-state index contributed by atoms with van der Waals surface area (Å²) in [5, 5.41) is 0. The Morgan fingerprint density at radius 1 is 1.31 bits per heavy atom. The average Bonchev–Trinajstić information content (AvgIpc) is 2.29. The van der Waals surface area contributed by atoms with Crippen molar-refractivity contribution in [2.75, 3.05) is 19.0 Å². The summed E-state index contributed by atoms with van der Waals surface area (Å²) in [6.07, 6.45) is 0.454. The molecule has 1 saturated heterocycles. The summed E-state index contributed by atoms with van der Waals surface area (Å²) in [5.74, 6) is 0.579. The minimum absolute atomic E-state index is 0.175. The van der Waals surface area contributed by atoms with E-state index >= 15 is 0 Å². The van der Waals surface area contributed by atoms with Crippen LogP contribution in [0.5, 0.6) is 0 Å². The molecule has 0 bridgehead atoms. The maximum absolute atomic E-state index is 5.86. The molecule has 1 fully saturated rings. The minimum Gasteiger partial charge on any atom is -0.371 e. The van der Waals surface area contributed by atoms with Gasteiger partial charge < -0.3 is 4.74 Å². The van der Waals surface area contributed by atoms with Crippen molar-refractivity contribution in [3.63, 3.8) is 0 Å². The highest BCUT2D eigenvalue weighted by Crippen LogP contribution is 2.15. The van der Waals surface area contributed by atoms with Crippen molar-refractivity contribution in [2.24, 2.45) is 0 Å². The van der Waals surface area contributed by atoms with Crippen LogP contribution >= 0.6 is 11.6 Å². The highest BCUT2D eigenvalue weighted by atomic mass is 35.5. The molecular formula is C13H18ClNO. The number of nitrogens with zero attached hydrogens (tertiary/aromatic N) is 1. The summed E-state index contributed by atoms with van der Waals surface area (Å²) in [7, 11) is 0. The maximum atomic E-state index is 5.86. The van der Waals surface area contributed by atoms with Gasteiger partial charge >= 0.3 is 0 Å². The molecule has 1 aromatic carbocycles. The molecular weight excluding hydrogens is 222 g/mol. The molecule has 0 aromatic heterocycles. The molecule has 1 aromatic rings. The van der Waals surface area contributed by atoms with Crippen molar-refractivity contribution >= 4 is 11.6 Å². The van der Waals surface area contributed by atoms with Crippen LogP contribution in [-0.2, 0) is 11.3 Å². The van der Waals surface area contributed by atoms with Crippen molar-refractivity contribution in [3.8, 4) is 0 Å². The first-order chi connectivity index (χ1) is 7.78. The fraction of sp³-hybridized carbons (Fsp3) is 0.538. The number of ether oxygens (including phenoxy) is 1. The normalized spacial score (nSPS) is 26.9. The third-order valence-corrected chi connectivity index (χ3v) is 3.17. The van der Waals surface area contributed by atoms with Gasteiger partial charge in [-0.15, -0.1) is 11.6 Å². The first-order valence-corrected chi connectivity index (χ1v) is 6.29. The van der Waals surface area contributed by atoms with Crippen LogP contribution in [0.4, 0.5) is 0 Å². The molecule has 0 saturated carbocycles. The largest absolute Gasteiger partial charge is 0.371 e. The van der Waals surface area contributed by atoms with Gasteiger partial charge in [-0.05, 0) is 12.5 Å². The van der Waals surface area contributed by atoms with Gasteiger partial charge in [0.25, 0.3) is 0 Å². The lowest BCUT2D eigenvalue weighted by Crippen LogP contribution is -2.46. The van der Waals surface area contributed by atoms with Gasteiger partial charge in [-0.25, -0.2) is 0 Å². The number of alkyl halides is 1. The first kappa shape index (κ1) is 11.9. The average molecular weight is 240 g/mol. The van der Waals surface area contributed by atoms with Gasteiger partial charge in [-0.1, -0.05) is 30.3 Å². The third kappa shape index (κ3) is 3.21. The van der Waals surface area contributed by atoms with Crippen LogP contribution in [0.3, 0.4) is 0 Å². The van der Waals surface area contributed by atoms with E-state index in [1.165, 1.54) is 5.56 Å². The molecule has 1 aliphatic rings. The Hall–Kier alpha value is -0.570. The number of hydrogen-bond donors (Lipinski definition) is 0. The Kier molecular flexibility index (Phi) is 4.22. The lowest BCUT2D eigenvalue weighted by atomic mass is 10.1. The van der Waals surface area contributed by atoms with Crippen molar-refractivity contribution in [1.82, 2.24) is 4.90 Å².